The number of nitrogens with zero attached hydrogens (tertiary/aromatic N) is 1. The minimum atomic E-state index is -0.122. The second-order valence-electron chi connectivity index (χ2n) is 4.79. The number of aliphatic hydroxyl groups is 1. The predicted octanol–water partition coefficient (Wildman–Crippen LogP) is 3.22. The summed E-state index contributed by atoms with van der Waals surface area (Å²) in [6, 6.07) is 7.64. The highest BCUT2D eigenvalue weighted by atomic mass is 79.9. The van der Waals surface area contributed by atoms with Crippen LogP contribution in [-0.4, -0.2) is 35.2 Å². The number of urea groups is 1. The van der Waals surface area contributed by atoms with Crippen LogP contribution in [0.25, 0.3) is 0 Å². The van der Waals surface area contributed by atoms with E-state index in [-0.39, 0.29) is 18.7 Å². The van der Waals surface area contributed by atoms with E-state index in [0.29, 0.717) is 6.54 Å². The van der Waals surface area contributed by atoms with Gasteiger partial charge in [-0.1, -0.05) is 28.8 Å². The number of nitrogens with one attached hydrogen (secondary N) is 1. The number of hydrogen-bond donors (Lipinski definition) is 2. The molecule has 0 aliphatic heterocycles. The van der Waals surface area contributed by atoms with Crippen LogP contribution in [-0.2, 0) is 0 Å². The molecule has 4 nitrogen and oxygen atoms in total. The monoisotopic (exact) mass is 326 g/mol. The Bertz CT molecular complexity index is 416. The maximum absolute atomic E-state index is 12.3. The lowest BCUT2D eigenvalue weighted by atomic mass is 10.2. The van der Waals surface area contributed by atoms with Crippen molar-refractivity contribution in [3.05, 3.63) is 28.7 Å². The van der Waals surface area contributed by atoms with Crippen LogP contribution < -0.4 is 5.32 Å². The van der Waals surface area contributed by atoms with Crippen LogP contribution in [0.3, 0.4) is 0 Å². The lowest BCUT2D eigenvalue weighted by molar-refractivity contribution is 0.163. The van der Waals surface area contributed by atoms with Crippen molar-refractivity contribution in [2.45, 2.75) is 31.7 Å². The first-order chi connectivity index (χ1) is 9.20. The van der Waals surface area contributed by atoms with Crippen LogP contribution in [0.4, 0.5) is 10.5 Å². The molecule has 104 valence electrons. The molecule has 1 aromatic carbocycles. The van der Waals surface area contributed by atoms with Gasteiger partial charge in [-0.3, -0.25) is 0 Å². The third-order valence-electron chi connectivity index (χ3n) is 3.46. The van der Waals surface area contributed by atoms with Crippen LogP contribution in [0, 0.1) is 0 Å². The standard InChI is InChI=1S/C14H19BrN2O2/c15-11-5-7-12(8-6-11)16-14(19)17(9-10-18)13-3-1-2-4-13/h5-8,13,18H,1-4,9-10H2,(H,16,19). The van der Waals surface area contributed by atoms with Gasteiger partial charge in [0.05, 0.1) is 6.61 Å². The zero-order valence-electron chi connectivity index (χ0n) is 10.8. The van der Waals surface area contributed by atoms with Gasteiger partial charge < -0.3 is 15.3 Å². The van der Waals surface area contributed by atoms with Crippen molar-refractivity contribution in [1.82, 2.24) is 4.90 Å². The van der Waals surface area contributed by atoms with Crippen LogP contribution in [0.15, 0.2) is 28.7 Å². The number of aliphatic hydroxyl groups excluding tert-OH is 1. The van der Waals surface area contributed by atoms with Crippen molar-refractivity contribution in [3.8, 4) is 0 Å². The number of rotatable bonds is 4. The molecule has 2 N–H and O–H groups in total. The highest BCUT2D eigenvalue weighted by Crippen LogP contribution is 2.24. The SMILES string of the molecule is O=C(Nc1ccc(Br)cc1)N(CCO)C1CCCC1. The van der Waals surface area contributed by atoms with Crippen molar-refractivity contribution in [2.24, 2.45) is 0 Å². The maximum Gasteiger partial charge on any atom is 0.322 e. The second kappa shape index (κ2) is 6.91. The first-order valence-corrected chi connectivity index (χ1v) is 7.44. The molecule has 5 heteroatoms. The molecule has 0 bridgehead atoms. The van der Waals surface area contributed by atoms with Gasteiger partial charge in [-0.25, -0.2) is 4.79 Å². The Morgan fingerprint density at radius 1 is 1.32 bits per heavy atom. The van der Waals surface area contributed by atoms with E-state index in [0.717, 1.165) is 35.8 Å². The lowest BCUT2D eigenvalue weighted by Gasteiger charge is -2.28. The molecule has 0 spiro atoms. The van der Waals surface area contributed by atoms with Crippen LogP contribution in [0.5, 0.6) is 0 Å². The normalized spacial score (nSPS) is 15.5. The molecule has 2 rings (SSSR count). The number of benzene rings is 1. The first-order valence-electron chi connectivity index (χ1n) is 6.65. The third kappa shape index (κ3) is 3.94. The average molecular weight is 327 g/mol. The summed E-state index contributed by atoms with van der Waals surface area (Å²) in [5.74, 6) is 0. The molecule has 2 amide bonds. The van der Waals surface area contributed by atoms with Gasteiger partial charge in [-0.2, -0.15) is 0 Å². The summed E-state index contributed by atoms with van der Waals surface area (Å²) in [7, 11) is 0. The number of halogens is 1. The summed E-state index contributed by atoms with van der Waals surface area (Å²) in [6.07, 6.45) is 4.40. The van der Waals surface area contributed by atoms with Gasteiger partial charge in [-0.05, 0) is 37.1 Å². The molecule has 0 heterocycles. The Balaban J connectivity index is 2.00. The molecule has 0 radical (unpaired) electrons. The zero-order chi connectivity index (χ0) is 13.7. The summed E-state index contributed by atoms with van der Waals surface area (Å²) in [5.41, 5.74) is 0.772. The molecule has 1 aliphatic carbocycles. The van der Waals surface area contributed by atoms with E-state index >= 15 is 0 Å². The molecule has 1 fully saturated rings. The Hall–Kier alpha value is -1.07. The average Bonchev–Trinajstić information content (AvgIpc) is 2.92. The Morgan fingerprint density at radius 3 is 2.53 bits per heavy atom. The van der Waals surface area contributed by atoms with Crippen molar-refractivity contribution >= 4 is 27.6 Å². The number of hydrogen-bond acceptors (Lipinski definition) is 2. The molecular weight excluding hydrogens is 308 g/mol. The van der Waals surface area contributed by atoms with Gasteiger partial charge in [0.1, 0.15) is 0 Å². The van der Waals surface area contributed by atoms with E-state index in [1.807, 2.05) is 24.3 Å². The molecule has 1 aliphatic rings. The van der Waals surface area contributed by atoms with E-state index in [4.69, 9.17) is 5.11 Å². The maximum atomic E-state index is 12.3. The van der Waals surface area contributed by atoms with E-state index in [1.165, 1.54) is 0 Å². The fourth-order valence-electron chi connectivity index (χ4n) is 2.50. The molecule has 19 heavy (non-hydrogen) atoms. The van der Waals surface area contributed by atoms with Gasteiger partial charge in [0.2, 0.25) is 0 Å². The van der Waals surface area contributed by atoms with Gasteiger partial charge in [0, 0.05) is 22.7 Å². The summed E-state index contributed by atoms with van der Waals surface area (Å²) >= 11 is 3.36. The van der Waals surface area contributed by atoms with E-state index < -0.39 is 0 Å². The molecule has 0 saturated heterocycles. The van der Waals surface area contributed by atoms with Gasteiger partial charge in [-0.15, -0.1) is 0 Å². The van der Waals surface area contributed by atoms with E-state index in [9.17, 15) is 4.79 Å². The molecule has 0 unspecified atom stereocenters. The Kier molecular flexibility index (Phi) is 5.22. The molecule has 0 aromatic heterocycles. The Labute approximate surface area is 121 Å². The number of anilines is 1. The van der Waals surface area contributed by atoms with Crippen LogP contribution >= 0.6 is 15.9 Å². The van der Waals surface area contributed by atoms with Crippen molar-refractivity contribution in [1.29, 1.82) is 0 Å². The number of carbonyl (C=O) groups is 1. The van der Waals surface area contributed by atoms with E-state index in [1.54, 1.807) is 4.90 Å². The highest BCUT2D eigenvalue weighted by Gasteiger charge is 2.26. The highest BCUT2D eigenvalue weighted by molar-refractivity contribution is 9.10. The summed E-state index contributed by atoms with van der Waals surface area (Å²) < 4.78 is 0.980. The fraction of sp³-hybridized carbons (Fsp3) is 0.500. The number of amides is 2. The molecule has 1 saturated carbocycles. The van der Waals surface area contributed by atoms with Gasteiger partial charge >= 0.3 is 6.03 Å². The molecular formula is C14H19BrN2O2. The van der Waals surface area contributed by atoms with Gasteiger partial charge in [0.25, 0.3) is 0 Å². The Morgan fingerprint density at radius 2 is 1.95 bits per heavy atom. The zero-order valence-corrected chi connectivity index (χ0v) is 12.4. The summed E-state index contributed by atoms with van der Waals surface area (Å²) in [6.45, 7) is 0.400. The second-order valence-corrected chi connectivity index (χ2v) is 5.71. The number of carbonyl (C=O) groups excluding carboxylic acids is 1. The van der Waals surface area contributed by atoms with Crippen molar-refractivity contribution in [2.75, 3.05) is 18.5 Å². The smallest absolute Gasteiger partial charge is 0.322 e. The largest absolute Gasteiger partial charge is 0.395 e. The molecule has 1 aromatic rings. The summed E-state index contributed by atoms with van der Waals surface area (Å²) in [5, 5.41) is 12.0. The molecule has 0 atom stereocenters. The summed E-state index contributed by atoms with van der Waals surface area (Å²) in [4.78, 5) is 14.0. The first kappa shape index (κ1) is 14.3. The van der Waals surface area contributed by atoms with Crippen molar-refractivity contribution < 1.29 is 9.90 Å². The van der Waals surface area contributed by atoms with E-state index in [2.05, 4.69) is 21.2 Å². The minimum absolute atomic E-state index is 0.00422. The lowest BCUT2D eigenvalue weighted by Crippen LogP contribution is -2.43. The van der Waals surface area contributed by atoms with Crippen LogP contribution in [0.1, 0.15) is 25.7 Å². The predicted molar refractivity (Wildman–Crippen MR) is 79.2 cm³/mol. The topological polar surface area (TPSA) is 52.6 Å². The fourth-order valence-corrected chi connectivity index (χ4v) is 2.77. The quantitative estimate of drug-likeness (QED) is 0.892. The minimum Gasteiger partial charge on any atom is -0.395 e. The van der Waals surface area contributed by atoms with Crippen LogP contribution in [0.2, 0.25) is 0 Å². The van der Waals surface area contributed by atoms with Crippen molar-refractivity contribution in [3.63, 3.8) is 0 Å². The third-order valence-corrected chi connectivity index (χ3v) is 3.99. The van der Waals surface area contributed by atoms with Gasteiger partial charge in [0.15, 0.2) is 0 Å².